The lowest BCUT2D eigenvalue weighted by molar-refractivity contribution is -0.145. The van der Waals surface area contributed by atoms with Crippen LogP contribution in [0.5, 0.6) is 5.75 Å². The maximum atomic E-state index is 15.5. The molecule has 0 bridgehead atoms. The summed E-state index contributed by atoms with van der Waals surface area (Å²) in [7, 11) is -4.36. The fraction of sp³-hybridized carbons (Fsp3) is 0.522. The molecule has 0 aliphatic carbocycles. The van der Waals surface area contributed by atoms with E-state index in [0.29, 0.717) is 11.4 Å². The van der Waals surface area contributed by atoms with Gasteiger partial charge in [0.2, 0.25) is 0 Å². The first-order chi connectivity index (χ1) is 17.9. The van der Waals surface area contributed by atoms with Gasteiger partial charge in [0.15, 0.2) is 11.9 Å². The molecule has 2 aromatic rings. The van der Waals surface area contributed by atoms with Gasteiger partial charge in [0.1, 0.15) is 24.0 Å². The number of aliphatic hydroxyl groups is 1. The van der Waals surface area contributed by atoms with E-state index in [1.165, 1.54) is 31.2 Å². The van der Waals surface area contributed by atoms with Crippen molar-refractivity contribution in [3.63, 3.8) is 0 Å². The zero-order valence-corrected chi connectivity index (χ0v) is 22.6. The van der Waals surface area contributed by atoms with Crippen molar-refractivity contribution >= 4 is 25.3 Å². The van der Waals surface area contributed by atoms with Crippen LogP contribution in [0.4, 0.5) is 4.39 Å². The molecule has 2 heterocycles. The van der Waals surface area contributed by atoms with Gasteiger partial charge in [-0.3, -0.25) is 23.7 Å². The quantitative estimate of drug-likeness (QED) is 0.194. The second kappa shape index (κ2) is 12.5. The predicted octanol–water partition coefficient (Wildman–Crippen LogP) is 2.70. The molecule has 1 aliphatic rings. The van der Waals surface area contributed by atoms with Crippen LogP contribution >= 0.6 is 19.3 Å². The number of nitrogens with zero attached hydrogens (tertiary/aromatic N) is 1. The van der Waals surface area contributed by atoms with Crippen LogP contribution in [-0.4, -0.2) is 57.8 Å². The highest BCUT2D eigenvalue weighted by Crippen LogP contribution is 2.47. The van der Waals surface area contributed by atoms with E-state index >= 15 is 4.39 Å². The van der Waals surface area contributed by atoms with Crippen LogP contribution < -0.4 is 20.9 Å². The molecule has 210 valence electrons. The fourth-order valence-electron chi connectivity index (χ4n) is 3.59. The van der Waals surface area contributed by atoms with Gasteiger partial charge in [-0.25, -0.2) is 13.8 Å². The Hall–Kier alpha value is -2.54. The fourth-order valence-corrected chi connectivity index (χ4v) is 5.22. The number of aromatic amines is 1. The predicted molar refractivity (Wildman–Crippen MR) is 135 cm³/mol. The molecule has 1 saturated heterocycles. The van der Waals surface area contributed by atoms with Gasteiger partial charge >= 0.3 is 19.4 Å². The number of H-pyrrole nitrogens is 1. The number of esters is 1. The van der Waals surface area contributed by atoms with Gasteiger partial charge in [-0.1, -0.05) is 24.9 Å². The topological polar surface area (TPSA) is 158 Å². The summed E-state index contributed by atoms with van der Waals surface area (Å²) < 4.78 is 51.6. The number of rotatable bonds is 12. The number of alkyl halides is 1. The molecule has 1 aliphatic heterocycles. The number of nitrogens with one attached hydrogen (secondary N) is 2. The number of benzene rings is 1. The summed E-state index contributed by atoms with van der Waals surface area (Å²) in [5.74, 6) is -0.620. The zero-order chi connectivity index (χ0) is 28.1. The third kappa shape index (κ3) is 7.31. The lowest BCUT2D eigenvalue weighted by atomic mass is 9.98. The van der Waals surface area contributed by atoms with Gasteiger partial charge in [0.05, 0.1) is 13.2 Å². The molecule has 1 unspecified atom stereocenters. The van der Waals surface area contributed by atoms with Crippen LogP contribution in [0, 0.1) is 0 Å². The smallest absolute Gasteiger partial charge is 0.459 e. The number of unbranched alkanes of at least 4 members (excludes halogenated alkanes) is 1. The van der Waals surface area contributed by atoms with Crippen molar-refractivity contribution in [1.29, 1.82) is 0 Å². The standard InChI is InChI=1S/C23H30ClFN3O9P/c1-4-5-12-34-20(31)14(2)27-38(33,37-16-8-6-15(24)7-9-16)35-13-17-19(30)23(3,25)21(36-17)28-11-10-18(29)26-22(28)32/h6-11,14,17,19,21,30H,4-5,12-13H2,1-3H3,(H,27,33)(H,26,29,32)/t14-,17+,19+,21+,23+,38?/m0/s1. The van der Waals surface area contributed by atoms with Crippen molar-refractivity contribution in [2.24, 2.45) is 0 Å². The first kappa shape index (κ1) is 30.0. The third-order valence-electron chi connectivity index (χ3n) is 5.72. The molecule has 1 aromatic heterocycles. The van der Waals surface area contributed by atoms with Crippen molar-refractivity contribution in [3.05, 3.63) is 62.4 Å². The van der Waals surface area contributed by atoms with Crippen molar-refractivity contribution in [1.82, 2.24) is 14.6 Å². The highest BCUT2D eigenvalue weighted by Gasteiger charge is 2.55. The molecule has 0 spiro atoms. The number of carbonyl (C=O) groups is 1. The third-order valence-corrected chi connectivity index (χ3v) is 7.61. The van der Waals surface area contributed by atoms with Crippen LogP contribution in [-0.2, 0) is 23.4 Å². The molecule has 0 amide bonds. The highest BCUT2D eigenvalue weighted by atomic mass is 35.5. The van der Waals surface area contributed by atoms with Crippen LogP contribution in [0.25, 0.3) is 0 Å². The number of hydrogen-bond acceptors (Lipinski definition) is 9. The second-order valence-electron chi connectivity index (χ2n) is 8.85. The molecule has 15 heteroatoms. The first-order valence-electron chi connectivity index (χ1n) is 11.8. The average Bonchev–Trinajstić information content (AvgIpc) is 3.08. The van der Waals surface area contributed by atoms with Crippen molar-refractivity contribution < 1.29 is 37.4 Å². The Labute approximate surface area is 222 Å². The maximum Gasteiger partial charge on any atom is 0.459 e. The van der Waals surface area contributed by atoms with Crippen molar-refractivity contribution in [2.75, 3.05) is 13.2 Å². The van der Waals surface area contributed by atoms with Gasteiger partial charge in [0.25, 0.3) is 5.56 Å². The van der Waals surface area contributed by atoms with Gasteiger partial charge in [0, 0.05) is 17.3 Å². The zero-order valence-electron chi connectivity index (χ0n) is 21.0. The Morgan fingerprint density at radius 3 is 2.66 bits per heavy atom. The van der Waals surface area contributed by atoms with E-state index in [1.54, 1.807) is 0 Å². The highest BCUT2D eigenvalue weighted by molar-refractivity contribution is 7.52. The Kier molecular flexibility index (Phi) is 9.91. The Balaban J connectivity index is 1.78. The Morgan fingerprint density at radius 1 is 1.34 bits per heavy atom. The number of hydrogen-bond donors (Lipinski definition) is 3. The molecule has 1 fully saturated rings. The normalized spacial score (nSPS) is 25.5. The monoisotopic (exact) mass is 577 g/mol. The summed E-state index contributed by atoms with van der Waals surface area (Å²) >= 11 is 5.89. The largest absolute Gasteiger partial charge is 0.465 e. The molecule has 38 heavy (non-hydrogen) atoms. The molecule has 3 N–H and O–H groups in total. The van der Waals surface area contributed by atoms with E-state index in [9.17, 15) is 24.1 Å². The van der Waals surface area contributed by atoms with Crippen LogP contribution in [0.1, 0.15) is 39.8 Å². The summed E-state index contributed by atoms with van der Waals surface area (Å²) in [6, 6.07) is 5.67. The molecule has 0 saturated carbocycles. The number of carbonyl (C=O) groups excluding carboxylic acids is 1. The molecular formula is C23H30ClFN3O9P. The Bertz CT molecular complexity index is 1270. The minimum absolute atomic E-state index is 0.0812. The molecule has 12 nitrogen and oxygen atoms in total. The summed E-state index contributed by atoms with van der Waals surface area (Å²) in [5, 5.41) is 13.5. The van der Waals surface area contributed by atoms with E-state index in [1.807, 2.05) is 11.9 Å². The van der Waals surface area contributed by atoms with Crippen molar-refractivity contribution in [2.45, 2.75) is 63.8 Å². The molecular weight excluding hydrogens is 548 g/mol. The minimum Gasteiger partial charge on any atom is -0.465 e. The van der Waals surface area contributed by atoms with E-state index in [2.05, 4.69) is 5.09 Å². The minimum atomic E-state index is -4.36. The van der Waals surface area contributed by atoms with Crippen LogP contribution in [0.2, 0.25) is 5.02 Å². The number of halogens is 2. The molecule has 1 aromatic carbocycles. The maximum absolute atomic E-state index is 15.5. The molecule has 3 rings (SSSR count). The average molecular weight is 578 g/mol. The lowest BCUT2D eigenvalue weighted by Crippen LogP contribution is -2.43. The second-order valence-corrected chi connectivity index (χ2v) is 11.0. The Morgan fingerprint density at radius 2 is 2.03 bits per heavy atom. The van der Waals surface area contributed by atoms with E-state index in [0.717, 1.165) is 30.2 Å². The van der Waals surface area contributed by atoms with Gasteiger partial charge in [-0.2, -0.15) is 5.09 Å². The van der Waals surface area contributed by atoms with Gasteiger partial charge in [-0.05, 0) is 44.5 Å². The summed E-state index contributed by atoms with van der Waals surface area (Å²) in [6.07, 6.45) is -2.39. The number of ether oxygens (including phenoxy) is 2. The van der Waals surface area contributed by atoms with Crippen molar-refractivity contribution in [3.8, 4) is 5.75 Å². The van der Waals surface area contributed by atoms with Crippen LogP contribution in [0.3, 0.4) is 0 Å². The molecule has 6 atom stereocenters. The van der Waals surface area contributed by atoms with Gasteiger partial charge < -0.3 is 19.1 Å². The number of aromatic nitrogens is 2. The first-order valence-corrected chi connectivity index (χ1v) is 13.8. The lowest BCUT2D eigenvalue weighted by Gasteiger charge is -2.25. The van der Waals surface area contributed by atoms with E-state index < -0.39 is 61.7 Å². The SMILES string of the molecule is CCCCOC(=O)[C@H](C)NP(=O)(OC[C@H]1O[C@@H](n2ccc(=O)[nH]c2=O)[C@](C)(F)[C@@H]1O)Oc1ccc(Cl)cc1. The van der Waals surface area contributed by atoms with Gasteiger partial charge in [-0.15, -0.1) is 0 Å². The summed E-state index contributed by atoms with van der Waals surface area (Å²) in [6.45, 7) is 3.85. The number of aliphatic hydroxyl groups excluding tert-OH is 1. The summed E-state index contributed by atoms with van der Waals surface area (Å²) in [4.78, 5) is 37.9. The van der Waals surface area contributed by atoms with E-state index in [4.69, 9.17) is 30.1 Å². The van der Waals surface area contributed by atoms with Crippen LogP contribution in [0.15, 0.2) is 46.1 Å². The molecule has 0 radical (unpaired) electrons. The van der Waals surface area contributed by atoms with E-state index in [-0.39, 0.29) is 12.4 Å². The summed E-state index contributed by atoms with van der Waals surface area (Å²) in [5.41, 5.74) is -4.14.